The molecule has 0 rings (SSSR count). The van der Waals surface area contributed by atoms with Crippen LogP contribution in [0, 0.1) is 0 Å². The second-order valence-electron chi connectivity index (χ2n) is 10.8. The third kappa shape index (κ3) is 28.0. The first-order valence-corrected chi connectivity index (χ1v) is 15.5. The minimum atomic E-state index is 1.31. The van der Waals surface area contributed by atoms with E-state index in [1.54, 1.807) is 0 Å². The molecular formula is C31H65N. The number of hydrogen-bond donors (Lipinski definition) is 0. The molecule has 0 unspecified atom stereocenters. The van der Waals surface area contributed by atoms with Crippen molar-refractivity contribution in [1.82, 2.24) is 4.90 Å². The van der Waals surface area contributed by atoms with Gasteiger partial charge in [0.25, 0.3) is 0 Å². The van der Waals surface area contributed by atoms with Gasteiger partial charge in [0.2, 0.25) is 0 Å². The lowest BCUT2D eigenvalue weighted by Gasteiger charge is -2.16. The van der Waals surface area contributed by atoms with E-state index in [2.05, 4.69) is 25.8 Å². The number of hydrogen-bond acceptors (Lipinski definition) is 1. The molecule has 0 aromatic carbocycles. The molecule has 0 N–H and O–H groups in total. The van der Waals surface area contributed by atoms with Crippen LogP contribution < -0.4 is 0 Å². The number of unbranched alkanes of at least 4 members (excludes halogenated alkanes) is 24. The summed E-state index contributed by atoms with van der Waals surface area (Å²) >= 11 is 0. The molecule has 0 radical (unpaired) electrons. The highest BCUT2D eigenvalue weighted by atomic mass is 15.1. The van der Waals surface area contributed by atoms with Crippen molar-refractivity contribution in [2.24, 2.45) is 0 Å². The lowest BCUT2D eigenvalue weighted by Crippen LogP contribution is -2.20. The number of rotatable bonds is 28. The fourth-order valence-corrected chi connectivity index (χ4v) is 4.91. The Morgan fingerprint density at radius 2 is 0.469 bits per heavy atom. The normalized spacial score (nSPS) is 11.6. The van der Waals surface area contributed by atoms with E-state index in [9.17, 15) is 0 Å². The van der Waals surface area contributed by atoms with Crippen molar-refractivity contribution in [2.75, 3.05) is 20.1 Å². The van der Waals surface area contributed by atoms with Crippen LogP contribution in [0.1, 0.15) is 181 Å². The summed E-state index contributed by atoms with van der Waals surface area (Å²) in [4.78, 5) is 2.58. The highest BCUT2D eigenvalue weighted by molar-refractivity contribution is 4.55. The quantitative estimate of drug-likeness (QED) is 0.107. The van der Waals surface area contributed by atoms with E-state index in [1.165, 1.54) is 180 Å². The van der Waals surface area contributed by atoms with Gasteiger partial charge in [-0.3, -0.25) is 0 Å². The molecule has 0 bridgehead atoms. The molecule has 0 aliphatic rings. The Morgan fingerprint density at radius 1 is 0.281 bits per heavy atom. The van der Waals surface area contributed by atoms with Crippen molar-refractivity contribution in [2.45, 2.75) is 181 Å². The molecule has 1 heteroatoms. The lowest BCUT2D eigenvalue weighted by molar-refractivity contribution is 0.314. The van der Waals surface area contributed by atoms with Gasteiger partial charge >= 0.3 is 0 Å². The Balaban J connectivity index is 3.12. The SMILES string of the molecule is CCCCCCCCCCCCCCCCCCN(C)CCCCCCCCCCCC. The van der Waals surface area contributed by atoms with Crippen LogP contribution in [0.4, 0.5) is 0 Å². The minimum Gasteiger partial charge on any atom is -0.306 e. The lowest BCUT2D eigenvalue weighted by atomic mass is 10.0. The summed E-state index contributed by atoms with van der Waals surface area (Å²) in [5, 5.41) is 0. The molecule has 0 aromatic heterocycles. The summed E-state index contributed by atoms with van der Waals surface area (Å²) in [6.45, 7) is 7.24. The Morgan fingerprint density at radius 3 is 0.688 bits per heavy atom. The van der Waals surface area contributed by atoms with Crippen LogP contribution in [0.25, 0.3) is 0 Å². The minimum absolute atomic E-state index is 1.31. The Hall–Kier alpha value is -0.0400. The molecule has 1 nitrogen and oxygen atoms in total. The fourth-order valence-electron chi connectivity index (χ4n) is 4.91. The van der Waals surface area contributed by atoms with Crippen LogP contribution in [0.3, 0.4) is 0 Å². The maximum absolute atomic E-state index is 2.58. The second kappa shape index (κ2) is 29.0. The standard InChI is InChI=1S/C31H65N/c1-4-6-8-10-12-14-16-17-18-19-20-21-23-25-27-29-31-32(3)30-28-26-24-22-15-13-11-9-7-5-2/h4-31H2,1-3H3. The monoisotopic (exact) mass is 452 g/mol. The molecule has 0 saturated heterocycles. The Labute approximate surface area is 205 Å². The molecule has 32 heavy (non-hydrogen) atoms. The van der Waals surface area contributed by atoms with Gasteiger partial charge in [0.15, 0.2) is 0 Å². The maximum atomic E-state index is 2.58. The predicted octanol–water partition coefficient (Wildman–Crippen LogP) is 11.1. The molecule has 0 aromatic rings. The third-order valence-corrected chi connectivity index (χ3v) is 7.29. The summed E-state index contributed by atoms with van der Waals surface area (Å²) in [6, 6.07) is 0. The van der Waals surface area contributed by atoms with Crippen LogP contribution in [0.15, 0.2) is 0 Å². The first-order valence-electron chi connectivity index (χ1n) is 15.5. The van der Waals surface area contributed by atoms with Gasteiger partial charge in [0.1, 0.15) is 0 Å². The molecule has 0 spiro atoms. The molecule has 0 aliphatic heterocycles. The predicted molar refractivity (Wildman–Crippen MR) is 149 cm³/mol. The summed E-state index contributed by atoms with van der Waals surface area (Å²) < 4.78 is 0. The molecule has 0 saturated carbocycles. The zero-order valence-corrected chi connectivity index (χ0v) is 23.2. The number of nitrogens with zero attached hydrogens (tertiary/aromatic N) is 1. The van der Waals surface area contributed by atoms with Crippen molar-refractivity contribution in [1.29, 1.82) is 0 Å². The van der Waals surface area contributed by atoms with Gasteiger partial charge in [0, 0.05) is 0 Å². The highest BCUT2D eigenvalue weighted by Crippen LogP contribution is 2.14. The van der Waals surface area contributed by atoms with Gasteiger partial charge in [-0.15, -0.1) is 0 Å². The Kier molecular flexibility index (Phi) is 29.0. The van der Waals surface area contributed by atoms with Gasteiger partial charge in [-0.1, -0.05) is 168 Å². The largest absolute Gasteiger partial charge is 0.306 e. The third-order valence-electron chi connectivity index (χ3n) is 7.29. The van der Waals surface area contributed by atoms with E-state index < -0.39 is 0 Å². The molecule has 0 heterocycles. The summed E-state index contributed by atoms with van der Waals surface area (Å²) in [6.07, 6.45) is 37.9. The van der Waals surface area contributed by atoms with Crippen molar-refractivity contribution in [3.05, 3.63) is 0 Å². The molecule has 0 amide bonds. The smallest absolute Gasteiger partial charge is 0.00218 e. The van der Waals surface area contributed by atoms with Crippen LogP contribution in [0.2, 0.25) is 0 Å². The summed E-state index contributed by atoms with van der Waals surface area (Å²) in [5.41, 5.74) is 0. The van der Waals surface area contributed by atoms with E-state index in [4.69, 9.17) is 0 Å². The zero-order chi connectivity index (χ0) is 23.4. The average Bonchev–Trinajstić information content (AvgIpc) is 2.80. The zero-order valence-electron chi connectivity index (χ0n) is 23.2. The summed E-state index contributed by atoms with van der Waals surface area (Å²) in [5.74, 6) is 0. The van der Waals surface area contributed by atoms with Crippen LogP contribution in [-0.2, 0) is 0 Å². The van der Waals surface area contributed by atoms with E-state index in [-0.39, 0.29) is 0 Å². The van der Waals surface area contributed by atoms with Crippen molar-refractivity contribution >= 4 is 0 Å². The van der Waals surface area contributed by atoms with Gasteiger partial charge in [-0.25, -0.2) is 0 Å². The maximum Gasteiger partial charge on any atom is -0.00218 e. The van der Waals surface area contributed by atoms with Gasteiger partial charge in [0.05, 0.1) is 0 Å². The topological polar surface area (TPSA) is 3.24 Å². The van der Waals surface area contributed by atoms with Crippen LogP contribution in [0.5, 0.6) is 0 Å². The van der Waals surface area contributed by atoms with Crippen molar-refractivity contribution < 1.29 is 0 Å². The van der Waals surface area contributed by atoms with Gasteiger partial charge < -0.3 is 4.90 Å². The van der Waals surface area contributed by atoms with E-state index in [0.29, 0.717) is 0 Å². The average molecular weight is 452 g/mol. The summed E-state index contributed by atoms with van der Waals surface area (Å²) in [7, 11) is 2.33. The molecule has 0 aliphatic carbocycles. The first-order chi connectivity index (χ1) is 15.8. The fraction of sp³-hybridized carbons (Fsp3) is 1.00. The van der Waals surface area contributed by atoms with E-state index in [0.717, 1.165) is 0 Å². The molecule has 0 fully saturated rings. The second-order valence-corrected chi connectivity index (χ2v) is 10.8. The van der Waals surface area contributed by atoms with E-state index >= 15 is 0 Å². The Bertz CT molecular complexity index is 314. The van der Waals surface area contributed by atoms with Crippen molar-refractivity contribution in [3.8, 4) is 0 Å². The van der Waals surface area contributed by atoms with Crippen LogP contribution in [-0.4, -0.2) is 25.0 Å². The van der Waals surface area contributed by atoms with Crippen molar-refractivity contribution in [3.63, 3.8) is 0 Å². The molecule has 194 valence electrons. The first kappa shape index (κ1) is 32.0. The van der Waals surface area contributed by atoms with Gasteiger partial charge in [-0.05, 0) is 33.0 Å². The van der Waals surface area contributed by atoms with Crippen LogP contribution >= 0.6 is 0 Å². The highest BCUT2D eigenvalue weighted by Gasteiger charge is 1.99. The van der Waals surface area contributed by atoms with Gasteiger partial charge in [-0.2, -0.15) is 0 Å². The molecule has 0 atom stereocenters. The molecular weight excluding hydrogens is 386 g/mol. The van der Waals surface area contributed by atoms with E-state index in [1.807, 2.05) is 0 Å².